The number of nitrogens with one attached hydrogen (secondary N) is 1. The van der Waals surface area contributed by atoms with E-state index >= 15 is 0 Å². The number of anilines is 1. The average molecular weight is 289 g/mol. The maximum absolute atomic E-state index is 11.8. The first-order chi connectivity index (χ1) is 9.74. The molecule has 106 valence electrons. The minimum Gasteiger partial charge on any atom is -0.301 e. The van der Waals surface area contributed by atoms with E-state index in [1.165, 1.54) is 16.9 Å². The molecule has 1 aromatic carbocycles. The summed E-state index contributed by atoms with van der Waals surface area (Å²) in [5.41, 5.74) is 1.34. The lowest BCUT2D eigenvalue weighted by Crippen LogP contribution is -2.31. The van der Waals surface area contributed by atoms with E-state index in [0.717, 1.165) is 19.4 Å². The standard InChI is InChI=1S/C15H19N3OS/c1-18(10-5-8-13-6-3-2-4-7-13)12-14(19)17-15-16-9-11-20-15/h2-4,6-7,9,11H,5,8,10,12H2,1H3,(H,16,17,19). The number of aryl methyl sites for hydroxylation is 1. The molecule has 0 aliphatic carbocycles. The molecule has 0 fully saturated rings. The van der Waals surface area contributed by atoms with Crippen molar-refractivity contribution in [3.8, 4) is 0 Å². The molecule has 0 unspecified atom stereocenters. The quantitative estimate of drug-likeness (QED) is 0.852. The topological polar surface area (TPSA) is 45.2 Å². The second kappa shape index (κ2) is 7.77. The normalized spacial score (nSPS) is 10.7. The molecule has 2 aromatic rings. The number of amides is 1. The largest absolute Gasteiger partial charge is 0.301 e. The summed E-state index contributed by atoms with van der Waals surface area (Å²) in [6.07, 6.45) is 3.77. The zero-order valence-electron chi connectivity index (χ0n) is 11.6. The van der Waals surface area contributed by atoms with Crippen molar-refractivity contribution in [3.05, 3.63) is 47.5 Å². The third kappa shape index (κ3) is 5.11. The van der Waals surface area contributed by atoms with Gasteiger partial charge in [0.25, 0.3) is 0 Å². The fourth-order valence-electron chi connectivity index (χ4n) is 1.97. The fraction of sp³-hybridized carbons (Fsp3) is 0.333. The predicted molar refractivity (Wildman–Crippen MR) is 83.0 cm³/mol. The van der Waals surface area contributed by atoms with Gasteiger partial charge in [0.1, 0.15) is 0 Å². The van der Waals surface area contributed by atoms with Crippen LogP contribution < -0.4 is 5.32 Å². The average Bonchev–Trinajstić information content (AvgIpc) is 2.92. The van der Waals surface area contributed by atoms with Crippen molar-refractivity contribution in [3.63, 3.8) is 0 Å². The number of carbonyl (C=O) groups excluding carboxylic acids is 1. The lowest BCUT2D eigenvalue weighted by atomic mass is 10.1. The van der Waals surface area contributed by atoms with Crippen molar-refractivity contribution in [1.29, 1.82) is 0 Å². The Labute approximate surface area is 123 Å². The zero-order chi connectivity index (χ0) is 14.2. The Balaban J connectivity index is 1.65. The van der Waals surface area contributed by atoms with E-state index in [9.17, 15) is 4.79 Å². The van der Waals surface area contributed by atoms with Crippen LogP contribution in [0, 0.1) is 0 Å². The SMILES string of the molecule is CN(CCCc1ccccc1)CC(=O)Nc1nccs1. The van der Waals surface area contributed by atoms with E-state index in [-0.39, 0.29) is 5.91 Å². The Bertz CT molecular complexity index is 513. The van der Waals surface area contributed by atoms with Crippen molar-refractivity contribution in [2.24, 2.45) is 0 Å². The zero-order valence-corrected chi connectivity index (χ0v) is 12.4. The number of aromatic nitrogens is 1. The van der Waals surface area contributed by atoms with Gasteiger partial charge in [0.2, 0.25) is 5.91 Å². The molecule has 1 heterocycles. The lowest BCUT2D eigenvalue weighted by molar-refractivity contribution is -0.117. The Hall–Kier alpha value is -1.72. The highest BCUT2D eigenvalue weighted by Gasteiger charge is 2.07. The molecule has 20 heavy (non-hydrogen) atoms. The molecule has 0 saturated carbocycles. The highest BCUT2D eigenvalue weighted by Crippen LogP contribution is 2.10. The molecule has 0 bridgehead atoms. The summed E-state index contributed by atoms with van der Waals surface area (Å²) < 4.78 is 0. The predicted octanol–water partition coefficient (Wildman–Crippen LogP) is 2.65. The van der Waals surface area contributed by atoms with Crippen LogP contribution in [0.25, 0.3) is 0 Å². The number of benzene rings is 1. The molecule has 0 aliphatic heterocycles. The number of nitrogens with zero attached hydrogens (tertiary/aromatic N) is 2. The monoisotopic (exact) mass is 289 g/mol. The van der Waals surface area contributed by atoms with E-state index < -0.39 is 0 Å². The molecule has 0 spiro atoms. The molecule has 0 aliphatic rings. The summed E-state index contributed by atoms with van der Waals surface area (Å²) in [7, 11) is 1.96. The van der Waals surface area contributed by atoms with Gasteiger partial charge < -0.3 is 5.32 Å². The van der Waals surface area contributed by atoms with Crippen molar-refractivity contribution in [1.82, 2.24) is 9.88 Å². The summed E-state index contributed by atoms with van der Waals surface area (Å²) in [4.78, 5) is 17.8. The van der Waals surface area contributed by atoms with Gasteiger partial charge in [-0.05, 0) is 32.0 Å². The Morgan fingerprint density at radius 2 is 2.15 bits per heavy atom. The van der Waals surface area contributed by atoms with Gasteiger partial charge in [-0.3, -0.25) is 9.69 Å². The highest BCUT2D eigenvalue weighted by atomic mass is 32.1. The molecule has 0 saturated heterocycles. The summed E-state index contributed by atoms with van der Waals surface area (Å²) >= 11 is 1.43. The van der Waals surface area contributed by atoms with Gasteiger partial charge in [-0.25, -0.2) is 4.98 Å². The second-order valence-corrected chi connectivity index (χ2v) is 5.61. The van der Waals surface area contributed by atoms with Gasteiger partial charge in [-0.2, -0.15) is 0 Å². The van der Waals surface area contributed by atoms with Crippen molar-refractivity contribution in [2.75, 3.05) is 25.5 Å². The maximum Gasteiger partial charge on any atom is 0.240 e. The molecule has 0 atom stereocenters. The van der Waals surface area contributed by atoms with E-state index in [2.05, 4.69) is 34.6 Å². The van der Waals surface area contributed by atoms with Crippen LogP contribution in [-0.4, -0.2) is 35.9 Å². The van der Waals surface area contributed by atoms with E-state index in [1.807, 2.05) is 23.4 Å². The van der Waals surface area contributed by atoms with Gasteiger partial charge in [-0.15, -0.1) is 11.3 Å². The first kappa shape index (κ1) is 14.7. The van der Waals surface area contributed by atoms with Gasteiger partial charge in [0.05, 0.1) is 6.54 Å². The summed E-state index contributed by atoms with van der Waals surface area (Å²) in [5.74, 6) is -0.0119. The Morgan fingerprint density at radius 1 is 1.35 bits per heavy atom. The summed E-state index contributed by atoms with van der Waals surface area (Å²) in [5, 5.41) is 5.29. The van der Waals surface area contributed by atoms with E-state index in [0.29, 0.717) is 11.7 Å². The molecule has 1 amide bonds. The van der Waals surface area contributed by atoms with Crippen LogP contribution in [0.4, 0.5) is 5.13 Å². The van der Waals surface area contributed by atoms with Gasteiger partial charge in [0.15, 0.2) is 5.13 Å². The van der Waals surface area contributed by atoms with Crippen LogP contribution in [0.1, 0.15) is 12.0 Å². The molecular formula is C15H19N3OS. The molecule has 1 N–H and O–H groups in total. The first-order valence-corrected chi connectivity index (χ1v) is 7.54. The number of hydrogen-bond acceptors (Lipinski definition) is 4. The molecule has 2 rings (SSSR count). The molecule has 0 radical (unpaired) electrons. The van der Waals surface area contributed by atoms with Crippen LogP contribution in [0.5, 0.6) is 0 Å². The van der Waals surface area contributed by atoms with Gasteiger partial charge in [-0.1, -0.05) is 30.3 Å². The van der Waals surface area contributed by atoms with Crippen LogP contribution >= 0.6 is 11.3 Å². The minimum absolute atomic E-state index is 0.0119. The number of likely N-dealkylation sites (N-methyl/N-ethyl adjacent to an activating group) is 1. The van der Waals surface area contributed by atoms with Crippen LogP contribution in [0.3, 0.4) is 0 Å². The molecule has 1 aromatic heterocycles. The number of thiazole rings is 1. The van der Waals surface area contributed by atoms with Gasteiger partial charge in [0, 0.05) is 11.6 Å². The third-order valence-electron chi connectivity index (χ3n) is 2.94. The smallest absolute Gasteiger partial charge is 0.240 e. The summed E-state index contributed by atoms with van der Waals surface area (Å²) in [6, 6.07) is 10.4. The Kier molecular flexibility index (Phi) is 5.70. The van der Waals surface area contributed by atoms with Crippen LogP contribution in [0.15, 0.2) is 41.9 Å². The fourth-order valence-corrected chi connectivity index (χ4v) is 2.51. The van der Waals surface area contributed by atoms with Crippen molar-refractivity contribution >= 4 is 22.4 Å². The maximum atomic E-state index is 11.8. The number of carbonyl (C=O) groups is 1. The molecule has 5 heteroatoms. The van der Waals surface area contributed by atoms with Crippen LogP contribution in [-0.2, 0) is 11.2 Å². The van der Waals surface area contributed by atoms with E-state index in [1.54, 1.807) is 6.20 Å². The Morgan fingerprint density at radius 3 is 2.85 bits per heavy atom. The molecule has 4 nitrogen and oxygen atoms in total. The summed E-state index contributed by atoms with van der Waals surface area (Å²) in [6.45, 7) is 1.30. The van der Waals surface area contributed by atoms with Crippen LogP contribution in [0.2, 0.25) is 0 Å². The van der Waals surface area contributed by atoms with Crippen molar-refractivity contribution < 1.29 is 4.79 Å². The van der Waals surface area contributed by atoms with Gasteiger partial charge >= 0.3 is 0 Å². The number of rotatable bonds is 7. The molecular weight excluding hydrogens is 270 g/mol. The second-order valence-electron chi connectivity index (χ2n) is 4.71. The number of hydrogen-bond donors (Lipinski definition) is 1. The lowest BCUT2D eigenvalue weighted by Gasteiger charge is -2.15. The first-order valence-electron chi connectivity index (χ1n) is 6.66. The highest BCUT2D eigenvalue weighted by molar-refractivity contribution is 7.13. The van der Waals surface area contributed by atoms with Crippen molar-refractivity contribution in [2.45, 2.75) is 12.8 Å². The minimum atomic E-state index is -0.0119. The van der Waals surface area contributed by atoms with E-state index in [4.69, 9.17) is 0 Å². The third-order valence-corrected chi connectivity index (χ3v) is 3.63.